The normalized spacial score (nSPS) is 16.2. The molecule has 0 amide bonds. The van der Waals surface area contributed by atoms with Gasteiger partial charge in [0, 0.05) is 34.5 Å². The lowest BCUT2D eigenvalue weighted by Gasteiger charge is -2.39. The maximum Gasteiger partial charge on any atom is 0.106 e. The highest BCUT2D eigenvalue weighted by Gasteiger charge is 2.29. The van der Waals surface area contributed by atoms with Gasteiger partial charge in [0.15, 0.2) is 0 Å². The third-order valence-electron chi connectivity index (χ3n) is 6.69. The number of likely N-dealkylation sites (tertiary alicyclic amines) is 1. The third kappa shape index (κ3) is 4.81. The summed E-state index contributed by atoms with van der Waals surface area (Å²) in [7, 11) is 0. The Morgan fingerprint density at radius 1 is 0.970 bits per heavy atom. The highest BCUT2D eigenvalue weighted by Crippen LogP contribution is 2.49. The molecule has 2 heterocycles. The largest absolute Gasteiger partial charge is 0.372 e. The zero-order chi connectivity index (χ0) is 22.8. The highest BCUT2D eigenvalue weighted by atomic mass is 32.2. The molecule has 0 saturated carbocycles. The van der Waals surface area contributed by atoms with Crippen LogP contribution in [0.3, 0.4) is 0 Å². The van der Waals surface area contributed by atoms with E-state index in [0.717, 1.165) is 23.6 Å². The zero-order valence-corrected chi connectivity index (χ0v) is 21.0. The molecule has 3 aromatic carbocycles. The molecule has 170 valence electrons. The molecule has 1 saturated heterocycles. The van der Waals surface area contributed by atoms with E-state index < -0.39 is 0 Å². The molecule has 0 radical (unpaired) electrons. The number of fused-ring (bicyclic) bond motifs is 2. The van der Waals surface area contributed by atoms with Gasteiger partial charge in [0.25, 0.3) is 0 Å². The number of rotatable bonds is 6. The molecule has 2 aliphatic heterocycles. The first-order valence-electron chi connectivity index (χ1n) is 11.9. The Balaban J connectivity index is 1.42. The van der Waals surface area contributed by atoms with Crippen LogP contribution in [-0.2, 0) is 6.54 Å². The van der Waals surface area contributed by atoms with E-state index in [0.29, 0.717) is 6.04 Å². The van der Waals surface area contributed by atoms with Crippen LogP contribution in [0.15, 0.2) is 76.5 Å². The molecule has 0 spiro atoms. The Labute approximate surface area is 207 Å². The maximum atomic E-state index is 5.82. The van der Waals surface area contributed by atoms with Crippen LogP contribution in [0.1, 0.15) is 36.5 Å². The fourth-order valence-corrected chi connectivity index (χ4v) is 6.16. The Morgan fingerprint density at radius 3 is 2.52 bits per heavy atom. The molecule has 0 aromatic heterocycles. The quantitative estimate of drug-likeness (QED) is 0.408. The van der Waals surface area contributed by atoms with Crippen molar-refractivity contribution >= 4 is 40.3 Å². The van der Waals surface area contributed by atoms with Gasteiger partial charge in [-0.2, -0.15) is 0 Å². The predicted molar refractivity (Wildman–Crippen MR) is 144 cm³/mol. The lowest BCUT2D eigenvalue weighted by Crippen LogP contribution is -2.40. The van der Waals surface area contributed by atoms with Crippen LogP contribution in [0.25, 0.3) is 0 Å². The van der Waals surface area contributed by atoms with Crippen molar-refractivity contribution in [1.82, 2.24) is 10.2 Å². The van der Waals surface area contributed by atoms with Crippen LogP contribution >= 0.6 is 24.0 Å². The second-order valence-corrected chi connectivity index (χ2v) is 10.6. The summed E-state index contributed by atoms with van der Waals surface area (Å²) in [6, 6.07) is 24.3. The average Bonchev–Trinajstić information content (AvgIpc) is 3.34. The summed E-state index contributed by atoms with van der Waals surface area (Å²) in [4.78, 5) is 8.57. The van der Waals surface area contributed by atoms with Crippen LogP contribution in [0.2, 0.25) is 0 Å². The molecular weight excluding hydrogens is 442 g/mol. The minimum atomic E-state index is 0.382. The van der Waals surface area contributed by atoms with Gasteiger partial charge in [-0.25, -0.2) is 0 Å². The summed E-state index contributed by atoms with van der Waals surface area (Å²) in [6.45, 7) is 8.76. The van der Waals surface area contributed by atoms with Crippen molar-refractivity contribution < 1.29 is 0 Å². The Kier molecular flexibility index (Phi) is 6.72. The van der Waals surface area contributed by atoms with E-state index in [2.05, 4.69) is 95.7 Å². The first-order valence-corrected chi connectivity index (χ1v) is 13.1. The van der Waals surface area contributed by atoms with E-state index in [1.807, 2.05) is 11.8 Å². The van der Waals surface area contributed by atoms with E-state index in [1.165, 1.54) is 58.2 Å². The number of hydrogen-bond acceptors (Lipinski definition) is 4. The standard InChI is InChI=1S/C28H31N3S2/c1-20-9-3-4-10-23(20)18-29-28(32)22-13-14-27-25(17-22)31(21(2)19-30-15-7-8-16-30)24-11-5-6-12-26(24)33-27/h3-6,9-14,17,21H,7-8,15-16,18-19H2,1-2H3,(H,29,32). The smallest absolute Gasteiger partial charge is 0.106 e. The number of anilines is 2. The summed E-state index contributed by atoms with van der Waals surface area (Å²) in [5, 5.41) is 3.48. The molecule has 1 unspecified atom stereocenters. The highest BCUT2D eigenvalue weighted by molar-refractivity contribution is 7.99. The molecule has 1 atom stereocenters. The lowest BCUT2D eigenvalue weighted by atomic mass is 10.1. The fraction of sp³-hybridized carbons (Fsp3) is 0.321. The van der Waals surface area contributed by atoms with Gasteiger partial charge in [-0.1, -0.05) is 66.4 Å². The number of aryl methyl sites for hydroxylation is 1. The molecule has 0 bridgehead atoms. The van der Waals surface area contributed by atoms with E-state index in [9.17, 15) is 0 Å². The topological polar surface area (TPSA) is 18.5 Å². The van der Waals surface area contributed by atoms with E-state index in [-0.39, 0.29) is 0 Å². The van der Waals surface area contributed by atoms with E-state index in [1.54, 1.807) is 0 Å². The number of thiocarbonyl (C=S) groups is 1. The number of para-hydroxylation sites is 1. The van der Waals surface area contributed by atoms with Crippen molar-refractivity contribution in [3.05, 3.63) is 83.4 Å². The molecule has 5 rings (SSSR count). The summed E-state index contributed by atoms with van der Waals surface area (Å²) < 4.78 is 0. The maximum absolute atomic E-state index is 5.82. The zero-order valence-electron chi connectivity index (χ0n) is 19.4. The summed E-state index contributed by atoms with van der Waals surface area (Å²) in [5.74, 6) is 0. The summed E-state index contributed by atoms with van der Waals surface area (Å²) in [5.41, 5.74) is 6.22. The monoisotopic (exact) mass is 473 g/mol. The first-order chi connectivity index (χ1) is 16.1. The molecule has 1 fully saturated rings. The summed E-state index contributed by atoms with van der Waals surface area (Å²) >= 11 is 7.68. The van der Waals surface area contributed by atoms with Crippen LogP contribution in [-0.4, -0.2) is 35.6 Å². The average molecular weight is 474 g/mol. The molecule has 2 aliphatic rings. The molecule has 1 N–H and O–H groups in total. The van der Waals surface area contributed by atoms with Crippen molar-refractivity contribution in [2.75, 3.05) is 24.5 Å². The minimum Gasteiger partial charge on any atom is -0.372 e. The number of nitrogens with one attached hydrogen (secondary N) is 1. The molecule has 3 nitrogen and oxygen atoms in total. The Bertz CT molecular complexity index is 1150. The van der Waals surface area contributed by atoms with Crippen molar-refractivity contribution in [2.24, 2.45) is 0 Å². The number of nitrogens with zero attached hydrogens (tertiary/aromatic N) is 2. The van der Waals surface area contributed by atoms with Crippen molar-refractivity contribution in [1.29, 1.82) is 0 Å². The third-order valence-corrected chi connectivity index (χ3v) is 8.20. The van der Waals surface area contributed by atoms with Gasteiger partial charge in [-0.15, -0.1) is 0 Å². The van der Waals surface area contributed by atoms with E-state index in [4.69, 9.17) is 12.2 Å². The predicted octanol–water partition coefficient (Wildman–Crippen LogP) is 6.55. The van der Waals surface area contributed by atoms with Gasteiger partial charge in [0.1, 0.15) is 4.99 Å². The van der Waals surface area contributed by atoms with Gasteiger partial charge in [-0.3, -0.25) is 0 Å². The van der Waals surface area contributed by atoms with Crippen LogP contribution in [0.4, 0.5) is 11.4 Å². The molecule has 5 heteroatoms. The van der Waals surface area contributed by atoms with Gasteiger partial charge in [-0.05, 0) is 75.2 Å². The van der Waals surface area contributed by atoms with Gasteiger partial charge in [0.2, 0.25) is 0 Å². The van der Waals surface area contributed by atoms with Crippen molar-refractivity contribution in [2.45, 2.75) is 49.1 Å². The Morgan fingerprint density at radius 2 is 1.70 bits per heavy atom. The van der Waals surface area contributed by atoms with Crippen LogP contribution in [0.5, 0.6) is 0 Å². The van der Waals surface area contributed by atoms with Crippen LogP contribution < -0.4 is 10.2 Å². The minimum absolute atomic E-state index is 0.382. The Hall–Kier alpha value is -2.34. The molecule has 3 aromatic rings. The number of benzene rings is 3. The first kappa shape index (κ1) is 22.5. The van der Waals surface area contributed by atoms with Gasteiger partial charge >= 0.3 is 0 Å². The van der Waals surface area contributed by atoms with Crippen molar-refractivity contribution in [3.8, 4) is 0 Å². The van der Waals surface area contributed by atoms with Gasteiger partial charge in [0.05, 0.1) is 11.4 Å². The molecular formula is C28H31N3S2. The lowest BCUT2D eigenvalue weighted by molar-refractivity contribution is 0.319. The molecule has 33 heavy (non-hydrogen) atoms. The van der Waals surface area contributed by atoms with Gasteiger partial charge < -0.3 is 15.1 Å². The summed E-state index contributed by atoms with van der Waals surface area (Å²) in [6.07, 6.45) is 2.64. The fourth-order valence-electron chi connectivity index (χ4n) is 4.91. The second-order valence-electron chi connectivity index (χ2n) is 9.09. The van der Waals surface area contributed by atoms with Crippen molar-refractivity contribution in [3.63, 3.8) is 0 Å². The SMILES string of the molecule is Cc1ccccc1CNC(=S)c1ccc2c(c1)N(C(C)CN1CCCC1)c1ccccc1S2. The molecule has 0 aliphatic carbocycles. The number of hydrogen-bond donors (Lipinski definition) is 1. The van der Waals surface area contributed by atoms with Crippen LogP contribution in [0, 0.1) is 6.92 Å². The van der Waals surface area contributed by atoms with E-state index >= 15 is 0 Å². The second kappa shape index (κ2) is 9.88.